The number of rotatable bonds is 4. The van der Waals surface area contributed by atoms with Crippen LogP contribution in [0.1, 0.15) is 55.5 Å². The third-order valence-corrected chi connectivity index (χ3v) is 4.81. The number of nitrogens with zero attached hydrogens (tertiary/aromatic N) is 1. The Morgan fingerprint density at radius 3 is 2.94 bits per heavy atom. The third kappa shape index (κ3) is 3.27. The van der Waals surface area contributed by atoms with Gasteiger partial charge >= 0.3 is 0 Å². The monoisotopic (exact) mass is 254 g/mol. The minimum absolute atomic E-state index is 0.184. The van der Waals surface area contributed by atoms with Gasteiger partial charge in [0.1, 0.15) is 5.01 Å². The Labute approximate surface area is 107 Å². The van der Waals surface area contributed by atoms with E-state index in [2.05, 4.69) is 24.1 Å². The lowest BCUT2D eigenvalue weighted by Crippen LogP contribution is -2.43. The van der Waals surface area contributed by atoms with Crippen molar-refractivity contribution in [3.05, 3.63) is 16.1 Å². The zero-order chi connectivity index (χ0) is 12.3. The molecule has 0 aromatic carbocycles. The summed E-state index contributed by atoms with van der Waals surface area (Å²) in [5.41, 5.74) is 0. The Hall–Kier alpha value is -0.450. The second-order valence-corrected chi connectivity index (χ2v) is 6.01. The van der Waals surface area contributed by atoms with Crippen LogP contribution in [0.25, 0.3) is 0 Å². The highest BCUT2D eigenvalue weighted by Crippen LogP contribution is 2.24. The Balaban J connectivity index is 1.93. The van der Waals surface area contributed by atoms with E-state index in [4.69, 9.17) is 0 Å². The standard InChI is InChI=1S/C13H22N2OS/c1-3-10-8-14-13(17-10)9(2)15-11-6-4-5-7-12(11)16/h8-9,11-12,15-16H,3-7H2,1-2H3. The number of thiazole rings is 1. The summed E-state index contributed by atoms with van der Waals surface area (Å²) in [6.45, 7) is 4.29. The number of aliphatic hydroxyl groups excluding tert-OH is 1. The van der Waals surface area contributed by atoms with Gasteiger partial charge in [0.15, 0.2) is 0 Å². The van der Waals surface area contributed by atoms with Gasteiger partial charge < -0.3 is 10.4 Å². The normalized spacial score (nSPS) is 27.0. The van der Waals surface area contributed by atoms with Crippen molar-refractivity contribution in [1.82, 2.24) is 10.3 Å². The fourth-order valence-corrected chi connectivity index (χ4v) is 3.25. The van der Waals surface area contributed by atoms with Crippen LogP contribution in [0.5, 0.6) is 0 Å². The lowest BCUT2D eigenvalue weighted by Gasteiger charge is -2.30. The molecule has 3 atom stereocenters. The molecule has 17 heavy (non-hydrogen) atoms. The summed E-state index contributed by atoms with van der Waals surface area (Å²) in [6.07, 6.45) is 7.23. The quantitative estimate of drug-likeness (QED) is 0.868. The lowest BCUT2D eigenvalue weighted by atomic mass is 9.92. The van der Waals surface area contributed by atoms with Crippen LogP contribution in [0.4, 0.5) is 0 Å². The van der Waals surface area contributed by atoms with E-state index in [9.17, 15) is 5.11 Å². The Bertz CT molecular complexity index is 353. The van der Waals surface area contributed by atoms with Crippen LogP contribution in [-0.4, -0.2) is 22.2 Å². The second kappa shape index (κ2) is 5.94. The van der Waals surface area contributed by atoms with Gasteiger partial charge in [-0.2, -0.15) is 0 Å². The van der Waals surface area contributed by atoms with Crippen molar-refractivity contribution in [2.75, 3.05) is 0 Å². The first kappa shape index (κ1) is 13.0. The van der Waals surface area contributed by atoms with Crippen molar-refractivity contribution in [2.45, 2.75) is 64.1 Å². The Morgan fingerprint density at radius 1 is 1.53 bits per heavy atom. The molecule has 2 N–H and O–H groups in total. The SMILES string of the molecule is CCc1cnc(C(C)NC2CCCCC2O)s1. The Morgan fingerprint density at radius 2 is 2.29 bits per heavy atom. The van der Waals surface area contributed by atoms with Gasteiger partial charge in [0.05, 0.1) is 12.1 Å². The predicted octanol–water partition coefficient (Wildman–Crippen LogP) is 2.66. The molecule has 96 valence electrons. The van der Waals surface area contributed by atoms with Gasteiger partial charge in [-0.25, -0.2) is 4.98 Å². The van der Waals surface area contributed by atoms with E-state index in [0.29, 0.717) is 0 Å². The van der Waals surface area contributed by atoms with Crippen molar-refractivity contribution in [2.24, 2.45) is 0 Å². The number of hydrogen-bond acceptors (Lipinski definition) is 4. The first-order valence-electron chi connectivity index (χ1n) is 6.59. The maximum Gasteiger partial charge on any atom is 0.109 e. The van der Waals surface area contributed by atoms with Crippen molar-refractivity contribution in [3.8, 4) is 0 Å². The third-order valence-electron chi connectivity index (χ3n) is 3.48. The van der Waals surface area contributed by atoms with Crippen molar-refractivity contribution < 1.29 is 5.11 Å². The van der Waals surface area contributed by atoms with E-state index in [-0.39, 0.29) is 18.2 Å². The summed E-state index contributed by atoms with van der Waals surface area (Å²) < 4.78 is 0. The molecule has 2 rings (SSSR count). The second-order valence-electron chi connectivity index (χ2n) is 4.87. The van der Waals surface area contributed by atoms with Crippen LogP contribution < -0.4 is 5.32 Å². The summed E-state index contributed by atoms with van der Waals surface area (Å²) in [5.74, 6) is 0. The maximum atomic E-state index is 9.94. The molecule has 3 nitrogen and oxygen atoms in total. The molecule has 1 fully saturated rings. The molecule has 0 saturated heterocycles. The van der Waals surface area contributed by atoms with Crippen LogP contribution in [0.2, 0.25) is 0 Å². The molecule has 4 heteroatoms. The van der Waals surface area contributed by atoms with Gasteiger partial charge in [0, 0.05) is 17.1 Å². The maximum absolute atomic E-state index is 9.94. The first-order valence-corrected chi connectivity index (χ1v) is 7.41. The number of aryl methyl sites for hydroxylation is 1. The van der Waals surface area contributed by atoms with E-state index in [1.165, 1.54) is 11.3 Å². The van der Waals surface area contributed by atoms with E-state index in [0.717, 1.165) is 30.7 Å². The van der Waals surface area contributed by atoms with Crippen LogP contribution >= 0.6 is 11.3 Å². The minimum Gasteiger partial charge on any atom is -0.392 e. The molecule has 1 aliphatic carbocycles. The molecule has 1 saturated carbocycles. The number of nitrogens with one attached hydrogen (secondary N) is 1. The predicted molar refractivity (Wildman–Crippen MR) is 71.3 cm³/mol. The van der Waals surface area contributed by atoms with Gasteiger partial charge in [-0.15, -0.1) is 11.3 Å². The summed E-state index contributed by atoms with van der Waals surface area (Å²) in [5, 5.41) is 14.6. The zero-order valence-corrected chi connectivity index (χ0v) is 11.5. The molecule has 0 bridgehead atoms. The molecule has 0 radical (unpaired) electrons. The minimum atomic E-state index is -0.184. The zero-order valence-electron chi connectivity index (χ0n) is 10.6. The number of aromatic nitrogens is 1. The summed E-state index contributed by atoms with van der Waals surface area (Å²) >= 11 is 1.78. The van der Waals surface area contributed by atoms with Gasteiger partial charge in [-0.1, -0.05) is 19.8 Å². The molecule has 0 spiro atoms. The Kier molecular flexibility index (Phi) is 4.54. The van der Waals surface area contributed by atoms with Crippen LogP contribution in [0.15, 0.2) is 6.20 Å². The van der Waals surface area contributed by atoms with Crippen LogP contribution in [0.3, 0.4) is 0 Å². The molecule has 0 amide bonds. The molecule has 1 aromatic heterocycles. The van der Waals surface area contributed by atoms with Gasteiger partial charge in [0.25, 0.3) is 0 Å². The average Bonchev–Trinajstić information content (AvgIpc) is 2.81. The molecule has 0 aliphatic heterocycles. The molecular formula is C13H22N2OS. The topological polar surface area (TPSA) is 45.2 Å². The van der Waals surface area contributed by atoms with Crippen molar-refractivity contribution >= 4 is 11.3 Å². The highest BCUT2D eigenvalue weighted by molar-refractivity contribution is 7.11. The molecule has 1 aliphatic rings. The lowest BCUT2D eigenvalue weighted by molar-refractivity contribution is 0.0859. The molecule has 1 aromatic rings. The van der Waals surface area contributed by atoms with Gasteiger partial charge in [0.2, 0.25) is 0 Å². The number of hydrogen-bond donors (Lipinski definition) is 2. The fraction of sp³-hybridized carbons (Fsp3) is 0.769. The van der Waals surface area contributed by atoms with E-state index in [1.807, 2.05) is 6.20 Å². The van der Waals surface area contributed by atoms with Crippen LogP contribution in [-0.2, 0) is 6.42 Å². The van der Waals surface area contributed by atoms with Crippen LogP contribution in [0, 0.1) is 0 Å². The summed E-state index contributed by atoms with van der Waals surface area (Å²) in [4.78, 5) is 5.78. The summed E-state index contributed by atoms with van der Waals surface area (Å²) in [6, 6.07) is 0.491. The highest BCUT2D eigenvalue weighted by atomic mass is 32.1. The summed E-state index contributed by atoms with van der Waals surface area (Å²) in [7, 11) is 0. The highest BCUT2D eigenvalue weighted by Gasteiger charge is 2.25. The molecule has 1 heterocycles. The van der Waals surface area contributed by atoms with Crippen molar-refractivity contribution in [1.29, 1.82) is 0 Å². The first-order chi connectivity index (χ1) is 8.20. The molecular weight excluding hydrogens is 232 g/mol. The largest absolute Gasteiger partial charge is 0.392 e. The smallest absolute Gasteiger partial charge is 0.109 e. The van der Waals surface area contributed by atoms with E-state index < -0.39 is 0 Å². The molecule has 3 unspecified atom stereocenters. The van der Waals surface area contributed by atoms with Gasteiger partial charge in [-0.3, -0.25) is 0 Å². The fourth-order valence-electron chi connectivity index (χ4n) is 2.38. The average molecular weight is 254 g/mol. The number of aliphatic hydroxyl groups is 1. The van der Waals surface area contributed by atoms with E-state index in [1.54, 1.807) is 11.3 Å². The van der Waals surface area contributed by atoms with E-state index >= 15 is 0 Å². The van der Waals surface area contributed by atoms with Crippen molar-refractivity contribution in [3.63, 3.8) is 0 Å². The van der Waals surface area contributed by atoms with Gasteiger partial charge in [-0.05, 0) is 26.2 Å².